The molecule has 0 radical (unpaired) electrons. The van der Waals surface area contributed by atoms with E-state index in [1.165, 1.54) is 11.8 Å². The van der Waals surface area contributed by atoms with Crippen molar-refractivity contribution in [3.63, 3.8) is 0 Å². The minimum atomic E-state index is -0.504. The Morgan fingerprint density at radius 1 is 1.30 bits per heavy atom. The monoisotopic (exact) mass is 342 g/mol. The van der Waals surface area contributed by atoms with Crippen LogP contribution in [0.25, 0.3) is 0 Å². The number of ether oxygens (including phenoxy) is 1. The normalized spacial score (nSPS) is 11.7. The zero-order chi connectivity index (χ0) is 17.6. The molecule has 0 aromatic carbocycles. The molecule has 0 aliphatic carbocycles. The van der Waals surface area contributed by atoms with Gasteiger partial charge in [-0.1, -0.05) is 25.6 Å². The zero-order valence-corrected chi connectivity index (χ0v) is 15.3. The first kappa shape index (κ1) is 19.5. The van der Waals surface area contributed by atoms with Crippen molar-refractivity contribution < 1.29 is 14.3 Å². The van der Waals surface area contributed by atoms with Crippen LogP contribution in [-0.4, -0.2) is 38.0 Å². The Hall–Kier alpha value is -1.57. The third kappa shape index (κ3) is 7.49. The van der Waals surface area contributed by atoms with Crippen molar-refractivity contribution in [3.8, 4) is 0 Å². The SMILES string of the molecule is CC(C)Cn1c(CCC(N)=O)nnc1SCC(=O)OC(C)(C)C. The number of primary amides is 1. The van der Waals surface area contributed by atoms with E-state index in [-0.39, 0.29) is 24.1 Å². The number of thioether (sulfide) groups is 1. The molecule has 1 aromatic rings. The molecule has 1 amide bonds. The maximum absolute atomic E-state index is 11.8. The third-order valence-electron chi connectivity index (χ3n) is 2.68. The lowest BCUT2D eigenvalue weighted by atomic mass is 10.2. The Morgan fingerprint density at radius 3 is 2.48 bits per heavy atom. The van der Waals surface area contributed by atoms with E-state index >= 15 is 0 Å². The van der Waals surface area contributed by atoms with Gasteiger partial charge in [0.05, 0.1) is 5.75 Å². The van der Waals surface area contributed by atoms with Crippen LogP contribution in [-0.2, 0) is 27.3 Å². The van der Waals surface area contributed by atoms with Crippen molar-refractivity contribution in [2.75, 3.05) is 5.75 Å². The van der Waals surface area contributed by atoms with Crippen LogP contribution in [0.15, 0.2) is 5.16 Å². The average molecular weight is 342 g/mol. The van der Waals surface area contributed by atoms with Crippen molar-refractivity contribution in [3.05, 3.63) is 5.82 Å². The number of carbonyl (C=O) groups is 2. The number of carbonyl (C=O) groups excluding carboxylic acids is 2. The van der Waals surface area contributed by atoms with Gasteiger partial charge >= 0.3 is 5.97 Å². The first-order chi connectivity index (χ1) is 10.6. The Labute approximate surface area is 141 Å². The Kier molecular flexibility index (Phi) is 7.05. The molecular weight excluding hydrogens is 316 g/mol. The summed E-state index contributed by atoms with van der Waals surface area (Å²) in [5, 5.41) is 8.91. The topological polar surface area (TPSA) is 100 Å². The van der Waals surface area contributed by atoms with Gasteiger partial charge in [-0.2, -0.15) is 0 Å². The first-order valence-electron chi connectivity index (χ1n) is 7.63. The van der Waals surface area contributed by atoms with Crippen LogP contribution in [0.5, 0.6) is 0 Å². The van der Waals surface area contributed by atoms with Gasteiger partial charge in [0.1, 0.15) is 11.4 Å². The molecule has 0 saturated heterocycles. The van der Waals surface area contributed by atoms with E-state index < -0.39 is 5.60 Å². The second kappa shape index (κ2) is 8.33. The standard InChI is InChI=1S/C15H26N4O3S/c1-10(2)8-19-12(7-6-11(16)20)17-18-14(19)23-9-13(21)22-15(3,4)5/h10H,6-9H2,1-5H3,(H2,16,20). The highest BCUT2D eigenvalue weighted by Gasteiger charge is 2.19. The smallest absolute Gasteiger partial charge is 0.316 e. The molecule has 0 bridgehead atoms. The highest BCUT2D eigenvalue weighted by Crippen LogP contribution is 2.20. The number of aromatic nitrogens is 3. The fraction of sp³-hybridized carbons (Fsp3) is 0.733. The summed E-state index contributed by atoms with van der Waals surface area (Å²) in [4.78, 5) is 22.8. The number of rotatable bonds is 8. The number of aryl methyl sites for hydroxylation is 1. The first-order valence-corrected chi connectivity index (χ1v) is 8.62. The van der Waals surface area contributed by atoms with E-state index in [1.54, 1.807) is 0 Å². The van der Waals surface area contributed by atoms with E-state index in [1.807, 2.05) is 25.3 Å². The van der Waals surface area contributed by atoms with E-state index in [0.29, 0.717) is 23.3 Å². The Morgan fingerprint density at radius 2 is 1.96 bits per heavy atom. The second-order valence-electron chi connectivity index (χ2n) is 6.74. The second-order valence-corrected chi connectivity index (χ2v) is 7.69. The van der Waals surface area contributed by atoms with Crippen LogP contribution in [0.2, 0.25) is 0 Å². The van der Waals surface area contributed by atoms with E-state index in [4.69, 9.17) is 10.5 Å². The third-order valence-corrected chi connectivity index (χ3v) is 3.62. The lowest BCUT2D eigenvalue weighted by molar-refractivity contribution is -0.151. The van der Waals surface area contributed by atoms with Gasteiger partial charge in [-0.3, -0.25) is 9.59 Å². The van der Waals surface area contributed by atoms with Gasteiger partial charge in [0, 0.05) is 19.4 Å². The molecular formula is C15H26N4O3S. The summed E-state index contributed by atoms with van der Waals surface area (Å²) < 4.78 is 7.23. The molecule has 0 saturated carbocycles. The molecule has 1 heterocycles. The van der Waals surface area contributed by atoms with Gasteiger partial charge in [0.2, 0.25) is 5.91 Å². The summed E-state index contributed by atoms with van der Waals surface area (Å²) in [5.41, 5.74) is 4.69. The summed E-state index contributed by atoms with van der Waals surface area (Å²) >= 11 is 1.29. The van der Waals surface area contributed by atoms with Crippen LogP contribution in [0.3, 0.4) is 0 Å². The largest absolute Gasteiger partial charge is 0.459 e. The highest BCUT2D eigenvalue weighted by molar-refractivity contribution is 7.99. The summed E-state index contributed by atoms with van der Waals surface area (Å²) in [7, 11) is 0. The van der Waals surface area contributed by atoms with E-state index in [2.05, 4.69) is 24.0 Å². The molecule has 130 valence electrons. The molecule has 0 fully saturated rings. The van der Waals surface area contributed by atoms with E-state index in [9.17, 15) is 9.59 Å². The van der Waals surface area contributed by atoms with Crippen molar-refractivity contribution >= 4 is 23.6 Å². The fourth-order valence-corrected chi connectivity index (χ4v) is 2.63. The Bertz CT molecular complexity index is 549. The van der Waals surface area contributed by atoms with Crippen LogP contribution >= 0.6 is 11.8 Å². The molecule has 1 aromatic heterocycles. The maximum atomic E-state index is 11.8. The van der Waals surface area contributed by atoms with Crippen LogP contribution in [0, 0.1) is 5.92 Å². The summed E-state index contributed by atoms with van der Waals surface area (Å²) in [6.07, 6.45) is 0.676. The molecule has 0 unspecified atom stereocenters. The predicted molar refractivity (Wildman–Crippen MR) is 88.9 cm³/mol. The molecule has 7 nitrogen and oxygen atoms in total. The molecule has 8 heteroatoms. The van der Waals surface area contributed by atoms with Gasteiger partial charge in [-0.05, 0) is 26.7 Å². The number of nitrogens with zero attached hydrogens (tertiary/aromatic N) is 3. The molecule has 0 aliphatic rings. The van der Waals surface area contributed by atoms with Gasteiger partial charge in [-0.15, -0.1) is 10.2 Å². The fourth-order valence-electron chi connectivity index (χ4n) is 1.89. The van der Waals surface area contributed by atoms with Gasteiger partial charge in [0.25, 0.3) is 0 Å². The average Bonchev–Trinajstić information content (AvgIpc) is 2.73. The minimum absolute atomic E-state index is 0.170. The van der Waals surface area contributed by atoms with Crippen LogP contribution in [0.1, 0.15) is 46.9 Å². The predicted octanol–water partition coefficient (Wildman–Crippen LogP) is 1.79. The Balaban J connectivity index is 2.77. The highest BCUT2D eigenvalue weighted by atomic mass is 32.2. The quantitative estimate of drug-likeness (QED) is 0.571. The zero-order valence-electron chi connectivity index (χ0n) is 14.5. The van der Waals surface area contributed by atoms with Crippen molar-refractivity contribution in [2.45, 2.75) is 64.8 Å². The summed E-state index contributed by atoms with van der Waals surface area (Å²) in [5.74, 6) is 0.610. The number of nitrogens with two attached hydrogens (primary N) is 1. The summed E-state index contributed by atoms with van der Waals surface area (Å²) in [6, 6.07) is 0. The van der Waals surface area contributed by atoms with Crippen molar-refractivity contribution in [1.29, 1.82) is 0 Å². The number of esters is 1. The summed E-state index contributed by atoms with van der Waals surface area (Å²) in [6.45, 7) is 10.4. The van der Waals surface area contributed by atoms with Crippen molar-refractivity contribution in [2.24, 2.45) is 11.7 Å². The van der Waals surface area contributed by atoms with Crippen molar-refractivity contribution in [1.82, 2.24) is 14.8 Å². The van der Waals surface area contributed by atoms with Gasteiger partial charge in [-0.25, -0.2) is 0 Å². The number of hydrogen-bond acceptors (Lipinski definition) is 6. The molecule has 1 rings (SSSR count). The molecule has 23 heavy (non-hydrogen) atoms. The molecule has 0 atom stereocenters. The minimum Gasteiger partial charge on any atom is -0.459 e. The van der Waals surface area contributed by atoms with Gasteiger partial charge in [0.15, 0.2) is 5.16 Å². The van der Waals surface area contributed by atoms with Crippen LogP contribution < -0.4 is 5.73 Å². The number of hydrogen-bond donors (Lipinski definition) is 1. The molecule has 0 spiro atoms. The van der Waals surface area contributed by atoms with E-state index in [0.717, 1.165) is 6.54 Å². The lowest BCUT2D eigenvalue weighted by Crippen LogP contribution is -2.25. The lowest BCUT2D eigenvalue weighted by Gasteiger charge is -2.19. The van der Waals surface area contributed by atoms with Crippen LogP contribution in [0.4, 0.5) is 0 Å². The molecule has 2 N–H and O–H groups in total. The molecule has 0 aliphatic heterocycles. The van der Waals surface area contributed by atoms with Gasteiger partial charge < -0.3 is 15.0 Å². The number of amides is 1. The maximum Gasteiger partial charge on any atom is 0.316 e.